The first-order valence-corrected chi connectivity index (χ1v) is 7.17. The van der Waals surface area contributed by atoms with Crippen LogP contribution in [-0.2, 0) is 0 Å². The third kappa shape index (κ3) is 3.05. The van der Waals surface area contributed by atoms with E-state index in [0.29, 0.717) is 6.04 Å². The van der Waals surface area contributed by atoms with Gasteiger partial charge in [0, 0.05) is 31.4 Å². The van der Waals surface area contributed by atoms with E-state index in [2.05, 4.69) is 17.1 Å². The summed E-state index contributed by atoms with van der Waals surface area (Å²) in [5.74, 6) is -0.552. The van der Waals surface area contributed by atoms with Gasteiger partial charge in [-0.1, -0.05) is 12.1 Å². The van der Waals surface area contributed by atoms with Crippen molar-refractivity contribution in [1.82, 2.24) is 5.32 Å². The Morgan fingerprint density at radius 1 is 1.00 bits per heavy atom. The third-order valence-electron chi connectivity index (χ3n) is 3.89. The first kappa shape index (κ1) is 14.0. The minimum Gasteiger partial charge on any atom is -0.366 e. The second-order valence-corrected chi connectivity index (χ2v) is 5.45. The molecule has 2 aromatic rings. The van der Waals surface area contributed by atoms with Crippen LogP contribution in [0.4, 0.5) is 14.5 Å². The molecular formula is C17H18F2N2. The van der Waals surface area contributed by atoms with E-state index in [1.54, 1.807) is 18.2 Å². The molecule has 1 aliphatic rings. The molecule has 1 fully saturated rings. The molecule has 0 saturated carbocycles. The van der Waals surface area contributed by atoms with Gasteiger partial charge >= 0.3 is 0 Å². The van der Waals surface area contributed by atoms with E-state index in [1.165, 1.54) is 18.2 Å². The van der Waals surface area contributed by atoms with Crippen LogP contribution in [-0.4, -0.2) is 25.7 Å². The zero-order valence-electron chi connectivity index (χ0n) is 11.9. The van der Waals surface area contributed by atoms with E-state index < -0.39 is 0 Å². The van der Waals surface area contributed by atoms with Crippen molar-refractivity contribution in [3.8, 4) is 11.1 Å². The van der Waals surface area contributed by atoms with Crippen LogP contribution in [0.1, 0.15) is 6.92 Å². The normalized spacial score (nSPS) is 18.8. The SMILES string of the molecule is C[C@@H]1CNCCN1c1cc(F)cc(-c2ccc(F)cc2)c1. The maximum Gasteiger partial charge on any atom is 0.125 e. The standard InChI is InChI=1S/C17H18F2N2/c1-12-11-20-6-7-21(12)17-9-14(8-16(19)10-17)13-2-4-15(18)5-3-13/h2-5,8-10,12,20H,6-7,11H2,1H3/t12-/m1/s1. The van der Waals surface area contributed by atoms with E-state index in [0.717, 1.165) is 36.4 Å². The van der Waals surface area contributed by atoms with Crippen LogP contribution >= 0.6 is 0 Å². The Bertz CT molecular complexity index is 625. The molecule has 1 heterocycles. The van der Waals surface area contributed by atoms with Crippen LogP contribution in [0.3, 0.4) is 0 Å². The van der Waals surface area contributed by atoms with Gasteiger partial charge < -0.3 is 10.2 Å². The first-order chi connectivity index (χ1) is 10.1. The molecule has 0 aromatic heterocycles. The van der Waals surface area contributed by atoms with Crippen molar-refractivity contribution >= 4 is 5.69 Å². The van der Waals surface area contributed by atoms with E-state index in [-0.39, 0.29) is 11.6 Å². The molecule has 2 aromatic carbocycles. The molecular weight excluding hydrogens is 270 g/mol. The summed E-state index contributed by atoms with van der Waals surface area (Å²) < 4.78 is 27.0. The van der Waals surface area contributed by atoms with Crippen molar-refractivity contribution in [3.63, 3.8) is 0 Å². The average Bonchev–Trinajstić information content (AvgIpc) is 2.48. The summed E-state index contributed by atoms with van der Waals surface area (Å²) >= 11 is 0. The molecule has 1 saturated heterocycles. The lowest BCUT2D eigenvalue weighted by atomic mass is 10.0. The lowest BCUT2D eigenvalue weighted by Crippen LogP contribution is -2.49. The number of rotatable bonds is 2. The lowest BCUT2D eigenvalue weighted by molar-refractivity contribution is 0.499. The zero-order valence-corrected chi connectivity index (χ0v) is 11.9. The molecule has 0 radical (unpaired) electrons. The molecule has 3 rings (SSSR count). The smallest absolute Gasteiger partial charge is 0.125 e. The summed E-state index contributed by atoms with van der Waals surface area (Å²) in [5.41, 5.74) is 2.47. The number of hydrogen-bond acceptors (Lipinski definition) is 2. The maximum absolute atomic E-state index is 14.0. The Hall–Kier alpha value is -1.94. The van der Waals surface area contributed by atoms with Crippen LogP contribution in [0.25, 0.3) is 11.1 Å². The van der Waals surface area contributed by atoms with Crippen molar-refractivity contribution in [2.75, 3.05) is 24.5 Å². The summed E-state index contributed by atoms with van der Waals surface area (Å²) in [6, 6.07) is 11.5. The van der Waals surface area contributed by atoms with Crippen molar-refractivity contribution in [2.45, 2.75) is 13.0 Å². The molecule has 0 unspecified atom stereocenters. The summed E-state index contributed by atoms with van der Waals surface area (Å²) in [6.07, 6.45) is 0. The Morgan fingerprint density at radius 3 is 2.48 bits per heavy atom. The van der Waals surface area contributed by atoms with Gasteiger partial charge in [-0.05, 0) is 48.4 Å². The molecule has 0 amide bonds. The minimum atomic E-state index is -0.286. The number of hydrogen-bond donors (Lipinski definition) is 1. The van der Waals surface area contributed by atoms with Gasteiger partial charge in [0.2, 0.25) is 0 Å². The molecule has 1 atom stereocenters. The largest absolute Gasteiger partial charge is 0.366 e. The van der Waals surface area contributed by atoms with Gasteiger partial charge in [0.25, 0.3) is 0 Å². The highest BCUT2D eigenvalue weighted by Crippen LogP contribution is 2.28. The number of nitrogens with zero attached hydrogens (tertiary/aromatic N) is 1. The van der Waals surface area contributed by atoms with Crippen molar-refractivity contribution in [2.24, 2.45) is 0 Å². The summed E-state index contributed by atoms with van der Waals surface area (Å²) in [6.45, 7) is 4.76. The molecule has 110 valence electrons. The van der Waals surface area contributed by atoms with Crippen molar-refractivity contribution in [1.29, 1.82) is 0 Å². The first-order valence-electron chi connectivity index (χ1n) is 7.17. The molecule has 2 nitrogen and oxygen atoms in total. The number of nitrogens with one attached hydrogen (secondary N) is 1. The number of piperazine rings is 1. The number of anilines is 1. The fourth-order valence-electron chi connectivity index (χ4n) is 2.77. The second kappa shape index (κ2) is 5.82. The highest BCUT2D eigenvalue weighted by atomic mass is 19.1. The highest BCUT2D eigenvalue weighted by molar-refractivity contribution is 5.69. The van der Waals surface area contributed by atoms with Crippen LogP contribution in [0.5, 0.6) is 0 Å². The van der Waals surface area contributed by atoms with Gasteiger partial charge in [-0.25, -0.2) is 8.78 Å². The number of benzene rings is 2. The Labute approximate surface area is 123 Å². The van der Waals surface area contributed by atoms with Crippen LogP contribution in [0.15, 0.2) is 42.5 Å². The Balaban J connectivity index is 1.97. The minimum absolute atomic E-state index is 0.266. The van der Waals surface area contributed by atoms with Crippen molar-refractivity contribution in [3.05, 3.63) is 54.1 Å². The zero-order chi connectivity index (χ0) is 14.8. The van der Waals surface area contributed by atoms with Gasteiger partial charge in [-0.15, -0.1) is 0 Å². The summed E-state index contributed by atoms with van der Waals surface area (Å²) in [5, 5.41) is 3.32. The average molecular weight is 288 g/mol. The van der Waals surface area contributed by atoms with Gasteiger partial charge in [-0.2, -0.15) is 0 Å². The highest BCUT2D eigenvalue weighted by Gasteiger charge is 2.19. The van der Waals surface area contributed by atoms with Crippen molar-refractivity contribution < 1.29 is 8.78 Å². The van der Waals surface area contributed by atoms with Gasteiger partial charge in [-0.3, -0.25) is 0 Å². The van der Waals surface area contributed by atoms with E-state index in [4.69, 9.17) is 0 Å². The molecule has 1 N–H and O–H groups in total. The van der Waals surface area contributed by atoms with Crippen LogP contribution in [0, 0.1) is 11.6 Å². The quantitative estimate of drug-likeness (QED) is 0.911. The van der Waals surface area contributed by atoms with E-state index in [1.807, 2.05) is 6.07 Å². The molecule has 0 aliphatic carbocycles. The molecule has 21 heavy (non-hydrogen) atoms. The van der Waals surface area contributed by atoms with Crippen LogP contribution in [0.2, 0.25) is 0 Å². The fourth-order valence-corrected chi connectivity index (χ4v) is 2.77. The van der Waals surface area contributed by atoms with Gasteiger partial charge in [0.15, 0.2) is 0 Å². The predicted octanol–water partition coefficient (Wildman–Crippen LogP) is 3.43. The van der Waals surface area contributed by atoms with E-state index in [9.17, 15) is 8.78 Å². The Morgan fingerprint density at radius 2 is 1.76 bits per heavy atom. The second-order valence-electron chi connectivity index (χ2n) is 5.45. The third-order valence-corrected chi connectivity index (χ3v) is 3.89. The van der Waals surface area contributed by atoms with Gasteiger partial charge in [0.05, 0.1) is 0 Å². The van der Waals surface area contributed by atoms with Gasteiger partial charge in [0.1, 0.15) is 11.6 Å². The summed E-state index contributed by atoms with van der Waals surface area (Å²) in [7, 11) is 0. The lowest BCUT2D eigenvalue weighted by Gasteiger charge is -2.36. The van der Waals surface area contributed by atoms with E-state index >= 15 is 0 Å². The summed E-state index contributed by atoms with van der Waals surface area (Å²) in [4.78, 5) is 2.20. The molecule has 4 heteroatoms. The monoisotopic (exact) mass is 288 g/mol. The molecule has 0 bridgehead atoms. The topological polar surface area (TPSA) is 15.3 Å². The maximum atomic E-state index is 14.0. The Kier molecular flexibility index (Phi) is 3.88. The molecule has 1 aliphatic heterocycles. The molecule has 0 spiro atoms. The van der Waals surface area contributed by atoms with Crippen LogP contribution < -0.4 is 10.2 Å². The fraction of sp³-hybridized carbons (Fsp3) is 0.294. The number of halogens is 2. The predicted molar refractivity (Wildman–Crippen MR) is 81.5 cm³/mol.